The number of carbonyl (C=O) groups excluding carboxylic acids is 2. The highest BCUT2D eigenvalue weighted by molar-refractivity contribution is 6.02. The summed E-state index contributed by atoms with van der Waals surface area (Å²) >= 11 is 0. The van der Waals surface area contributed by atoms with Crippen LogP contribution in [0.2, 0.25) is 0 Å². The van der Waals surface area contributed by atoms with Gasteiger partial charge in [-0.3, -0.25) is 9.59 Å². The van der Waals surface area contributed by atoms with Gasteiger partial charge >= 0.3 is 5.97 Å². The van der Waals surface area contributed by atoms with Crippen LogP contribution in [0.1, 0.15) is 34.6 Å². The standard InChI is InChI=1S/C11H20O4/c1-6-14-9(4)11(5,8(3)12)10(13)15-7-2/h9H,6-7H2,1-5H3. The van der Waals surface area contributed by atoms with Crippen molar-refractivity contribution in [2.24, 2.45) is 5.41 Å². The van der Waals surface area contributed by atoms with Crippen molar-refractivity contribution in [2.45, 2.75) is 40.7 Å². The van der Waals surface area contributed by atoms with Crippen LogP contribution in [0.25, 0.3) is 0 Å². The van der Waals surface area contributed by atoms with Crippen molar-refractivity contribution in [1.82, 2.24) is 0 Å². The van der Waals surface area contributed by atoms with Gasteiger partial charge in [-0.15, -0.1) is 0 Å². The molecule has 0 aliphatic heterocycles. The Bertz CT molecular complexity index is 237. The Morgan fingerprint density at radius 3 is 2.13 bits per heavy atom. The lowest BCUT2D eigenvalue weighted by molar-refractivity contribution is -0.167. The van der Waals surface area contributed by atoms with Gasteiger partial charge in [0.15, 0.2) is 0 Å². The molecule has 0 fully saturated rings. The molecule has 4 heteroatoms. The number of carbonyl (C=O) groups is 2. The summed E-state index contributed by atoms with van der Waals surface area (Å²) in [5, 5.41) is 0. The summed E-state index contributed by atoms with van der Waals surface area (Å²) in [7, 11) is 0. The molecule has 88 valence electrons. The first-order valence-electron chi connectivity index (χ1n) is 5.21. The lowest BCUT2D eigenvalue weighted by Crippen LogP contribution is -2.46. The molecule has 0 rings (SSSR count). The molecule has 0 amide bonds. The van der Waals surface area contributed by atoms with Gasteiger partial charge in [0.05, 0.1) is 12.7 Å². The molecule has 0 aliphatic rings. The summed E-state index contributed by atoms with van der Waals surface area (Å²) in [6.45, 7) is 8.91. The molecule has 0 saturated heterocycles. The van der Waals surface area contributed by atoms with Gasteiger partial charge in [-0.05, 0) is 34.6 Å². The monoisotopic (exact) mass is 216 g/mol. The van der Waals surface area contributed by atoms with Gasteiger partial charge in [-0.1, -0.05) is 0 Å². The number of hydrogen-bond acceptors (Lipinski definition) is 4. The highest BCUT2D eigenvalue weighted by atomic mass is 16.5. The second-order valence-electron chi connectivity index (χ2n) is 3.58. The van der Waals surface area contributed by atoms with E-state index in [-0.39, 0.29) is 12.4 Å². The Balaban J connectivity index is 4.88. The van der Waals surface area contributed by atoms with Gasteiger partial charge in [0.1, 0.15) is 11.2 Å². The van der Waals surface area contributed by atoms with E-state index in [4.69, 9.17) is 9.47 Å². The van der Waals surface area contributed by atoms with E-state index in [0.717, 1.165) is 0 Å². The average Bonchev–Trinajstić information content (AvgIpc) is 2.16. The quantitative estimate of drug-likeness (QED) is 0.499. The van der Waals surface area contributed by atoms with Gasteiger partial charge in [-0.2, -0.15) is 0 Å². The van der Waals surface area contributed by atoms with E-state index in [2.05, 4.69) is 0 Å². The molecule has 0 spiro atoms. The van der Waals surface area contributed by atoms with Crippen LogP contribution >= 0.6 is 0 Å². The normalized spacial score (nSPS) is 16.6. The number of ketones is 1. The molecule has 15 heavy (non-hydrogen) atoms. The van der Waals surface area contributed by atoms with Crippen molar-refractivity contribution in [3.05, 3.63) is 0 Å². The maximum absolute atomic E-state index is 11.7. The van der Waals surface area contributed by atoms with Crippen LogP contribution in [0, 0.1) is 5.41 Å². The summed E-state index contributed by atoms with van der Waals surface area (Å²) in [5.41, 5.74) is -1.20. The van der Waals surface area contributed by atoms with Gasteiger partial charge in [-0.25, -0.2) is 0 Å². The second-order valence-corrected chi connectivity index (χ2v) is 3.58. The zero-order valence-electron chi connectivity index (χ0n) is 10.1. The van der Waals surface area contributed by atoms with E-state index in [1.54, 1.807) is 20.8 Å². The summed E-state index contributed by atoms with van der Waals surface area (Å²) in [5.74, 6) is -0.750. The van der Waals surface area contributed by atoms with E-state index < -0.39 is 17.5 Å². The molecular formula is C11H20O4. The molecule has 4 nitrogen and oxygen atoms in total. The van der Waals surface area contributed by atoms with Gasteiger partial charge in [0, 0.05) is 6.61 Å². The minimum Gasteiger partial charge on any atom is -0.465 e. The Morgan fingerprint density at radius 1 is 1.27 bits per heavy atom. The van der Waals surface area contributed by atoms with E-state index in [9.17, 15) is 9.59 Å². The molecule has 0 N–H and O–H groups in total. The van der Waals surface area contributed by atoms with E-state index in [1.807, 2.05) is 6.92 Å². The fourth-order valence-electron chi connectivity index (χ4n) is 1.29. The third-order valence-electron chi connectivity index (χ3n) is 2.66. The molecule has 2 atom stereocenters. The molecule has 0 aromatic rings. The van der Waals surface area contributed by atoms with Crippen LogP contribution in [0.15, 0.2) is 0 Å². The molecule has 0 saturated carbocycles. The molecule has 0 aliphatic carbocycles. The SMILES string of the molecule is CCOC(=O)C(C)(C(C)=O)C(C)OCC. The Morgan fingerprint density at radius 2 is 1.80 bits per heavy atom. The van der Waals surface area contributed by atoms with Crippen LogP contribution in [0.3, 0.4) is 0 Å². The van der Waals surface area contributed by atoms with Crippen molar-refractivity contribution < 1.29 is 19.1 Å². The number of rotatable bonds is 6. The first-order valence-corrected chi connectivity index (χ1v) is 5.21. The topological polar surface area (TPSA) is 52.6 Å². The predicted octanol–water partition coefficient (Wildman–Crippen LogP) is 1.57. The smallest absolute Gasteiger partial charge is 0.321 e. The molecule has 0 bridgehead atoms. The molecule has 0 radical (unpaired) electrons. The highest BCUT2D eigenvalue weighted by Crippen LogP contribution is 2.27. The minimum absolute atomic E-state index is 0.234. The molecule has 0 heterocycles. The first kappa shape index (κ1) is 14.1. The number of Topliss-reactive ketones (excluding diaryl/α,β-unsaturated/α-hetero) is 1. The fraction of sp³-hybridized carbons (Fsp3) is 0.818. The van der Waals surface area contributed by atoms with Crippen LogP contribution in [0.5, 0.6) is 0 Å². The Kier molecular flexibility index (Phi) is 5.50. The average molecular weight is 216 g/mol. The zero-order valence-corrected chi connectivity index (χ0v) is 10.1. The maximum atomic E-state index is 11.7. The van der Waals surface area contributed by atoms with Crippen molar-refractivity contribution >= 4 is 11.8 Å². The molecule has 2 unspecified atom stereocenters. The Labute approximate surface area is 90.9 Å². The van der Waals surface area contributed by atoms with Crippen molar-refractivity contribution in [3.8, 4) is 0 Å². The van der Waals surface area contributed by atoms with Gasteiger partial charge < -0.3 is 9.47 Å². The third-order valence-corrected chi connectivity index (χ3v) is 2.66. The van der Waals surface area contributed by atoms with E-state index in [1.165, 1.54) is 6.92 Å². The lowest BCUT2D eigenvalue weighted by atomic mass is 9.81. The first-order chi connectivity index (χ1) is 6.91. The van der Waals surface area contributed by atoms with Gasteiger partial charge in [0.2, 0.25) is 0 Å². The Hall–Kier alpha value is -0.900. The highest BCUT2D eigenvalue weighted by Gasteiger charge is 2.45. The summed E-state index contributed by atoms with van der Waals surface area (Å²) in [6, 6.07) is 0. The maximum Gasteiger partial charge on any atom is 0.321 e. The minimum atomic E-state index is -1.20. The molecular weight excluding hydrogens is 196 g/mol. The van der Waals surface area contributed by atoms with E-state index in [0.29, 0.717) is 6.61 Å². The van der Waals surface area contributed by atoms with Gasteiger partial charge in [0.25, 0.3) is 0 Å². The largest absolute Gasteiger partial charge is 0.465 e. The van der Waals surface area contributed by atoms with Crippen molar-refractivity contribution in [1.29, 1.82) is 0 Å². The second kappa shape index (κ2) is 5.85. The zero-order chi connectivity index (χ0) is 12.1. The van der Waals surface area contributed by atoms with Crippen LogP contribution < -0.4 is 0 Å². The summed E-state index contributed by atoms with van der Waals surface area (Å²) in [6.07, 6.45) is -0.473. The summed E-state index contributed by atoms with van der Waals surface area (Å²) in [4.78, 5) is 23.2. The van der Waals surface area contributed by atoms with Crippen molar-refractivity contribution in [3.63, 3.8) is 0 Å². The summed E-state index contributed by atoms with van der Waals surface area (Å²) < 4.78 is 10.2. The van der Waals surface area contributed by atoms with E-state index >= 15 is 0 Å². The molecule has 0 aromatic carbocycles. The third kappa shape index (κ3) is 3.02. The molecule has 0 aromatic heterocycles. The number of ether oxygens (including phenoxy) is 2. The van der Waals surface area contributed by atoms with Crippen LogP contribution in [0.4, 0.5) is 0 Å². The van der Waals surface area contributed by atoms with Crippen LogP contribution in [-0.2, 0) is 19.1 Å². The van der Waals surface area contributed by atoms with Crippen molar-refractivity contribution in [2.75, 3.05) is 13.2 Å². The fourth-order valence-corrected chi connectivity index (χ4v) is 1.29. The van der Waals surface area contributed by atoms with Crippen LogP contribution in [-0.4, -0.2) is 31.1 Å². The number of esters is 1. The predicted molar refractivity (Wildman–Crippen MR) is 56.5 cm³/mol. The number of hydrogen-bond donors (Lipinski definition) is 0. The lowest BCUT2D eigenvalue weighted by Gasteiger charge is -2.30.